The summed E-state index contributed by atoms with van der Waals surface area (Å²) in [6, 6.07) is 7.11. The van der Waals surface area contributed by atoms with Crippen LogP contribution in [0.1, 0.15) is 12.8 Å². The Morgan fingerprint density at radius 2 is 1.89 bits per heavy atom. The third kappa shape index (κ3) is 1.68. The Morgan fingerprint density at radius 3 is 2.56 bits per heavy atom. The molecule has 0 amide bonds. The van der Waals surface area contributed by atoms with Crippen LogP contribution in [0.25, 0.3) is 10.8 Å². The molecular formula is C12H10F3N3. The van der Waals surface area contributed by atoms with Gasteiger partial charge in [0.25, 0.3) is 0 Å². The zero-order valence-corrected chi connectivity index (χ0v) is 9.33. The van der Waals surface area contributed by atoms with E-state index in [0.717, 1.165) is 5.39 Å². The van der Waals surface area contributed by atoms with E-state index in [-0.39, 0.29) is 18.7 Å². The molecule has 0 saturated heterocycles. The lowest BCUT2D eigenvalue weighted by Gasteiger charge is -2.21. The fraction of sp³-hybridized carbons (Fsp3) is 0.333. The van der Waals surface area contributed by atoms with Gasteiger partial charge in [0, 0.05) is 10.8 Å². The molecule has 0 spiro atoms. The van der Waals surface area contributed by atoms with Crippen molar-refractivity contribution in [1.82, 2.24) is 10.2 Å². The van der Waals surface area contributed by atoms with Gasteiger partial charge in [-0.25, -0.2) is 0 Å². The average Bonchev–Trinajstić information content (AvgIpc) is 3.10. The third-order valence-corrected chi connectivity index (χ3v) is 3.22. The molecule has 0 bridgehead atoms. The molecule has 0 unspecified atom stereocenters. The molecule has 1 aromatic carbocycles. The number of hydrogen-bond donors (Lipinski definition) is 1. The standard InChI is InChI=1S/C12H10F3N3/c13-12(14,15)11(5-6-11)17-10-9-4-2-1-3-8(9)7-16-18-10/h1-4,7H,5-6H2,(H,17,18). The summed E-state index contributed by atoms with van der Waals surface area (Å²) in [5.41, 5.74) is -1.81. The molecule has 94 valence electrons. The second-order valence-electron chi connectivity index (χ2n) is 4.49. The van der Waals surface area contributed by atoms with Gasteiger partial charge in [0.2, 0.25) is 0 Å². The van der Waals surface area contributed by atoms with Gasteiger partial charge in [-0.2, -0.15) is 18.3 Å². The Bertz CT molecular complexity index is 585. The van der Waals surface area contributed by atoms with Gasteiger partial charge in [0.05, 0.1) is 6.20 Å². The van der Waals surface area contributed by atoms with Crippen LogP contribution in [0.3, 0.4) is 0 Å². The van der Waals surface area contributed by atoms with E-state index in [1.807, 2.05) is 6.07 Å². The molecule has 0 atom stereocenters. The first-order valence-corrected chi connectivity index (χ1v) is 5.57. The summed E-state index contributed by atoms with van der Waals surface area (Å²) in [7, 11) is 0. The number of aromatic nitrogens is 2. The molecule has 1 N–H and O–H groups in total. The Kier molecular flexibility index (Phi) is 2.23. The van der Waals surface area contributed by atoms with Crippen molar-refractivity contribution in [3.8, 4) is 0 Å². The van der Waals surface area contributed by atoms with Crippen molar-refractivity contribution in [1.29, 1.82) is 0 Å². The predicted molar refractivity (Wildman–Crippen MR) is 61.2 cm³/mol. The Balaban J connectivity index is 2.01. The first-order chi connectivity index (χ1) is 8.52. The van der Waals surface area contributed by atoms with Gasteiger partial charge >= 0.3 is 6.18 Å². The van der Waals surface area contributed by atoms with Gasteiger partial charge in [0.1, 0.15) is 5.54 Å². The van der Waals surface area contributed by atoms with Gasteiger partial charge in [-0.3, -0.25) is 0 Å². The average molecular weight is 253 g/mol. The number of benzene rings is 1. The summed E-state index contributed by atoms with van der Waals surface area (Å²) in [6.07, 6.45) is -2.55. The van der Waals surface area contributed by atoms with E-state index in [9.17, 15) is 13.2 Å². The number of fused-ring (bicyclic) bond motifs is 1. The summed E-state index contributed by atoms with van der Waals surface area (Å²) in [4.78, 5) is 0. The predicted octanol–water partition coefficient (Wildman–Crippen LogP) is 3.14. The minimum absolute atomic E-state index is 0.0847. The van der Waals surface area contributed by atoms with Crippen LogP contribution >= 0.6 is 0 Å². The molecule has 1 aliphatic rings. The molecule has 2 aromatic rings. The Morgan fingerprint density at radius 1 is 1.17 bits per heavy atom. The molecule has 1 aromatic heterocycles. The quantitative estimate of drug-likeness (QED) is 0.893. The van der Waals surface area contributed by atoms with E-state index in [1.165, 1.54) is 6.20 Å². The van der Waals surface area contributed by atoms with Gasteiger partial charge in [0.15, 0.2) is 5.82 Å². The highest BCUT2D eigenvalue weighted by Crippen LogP contribution is 2.51. The number of halogens is 3. The number of nitrogens with zero attached hydrogens (tertiary/aromatic N) is 2. The maximum Gasteiger partial charge on any atom is 0.411 e. The number of hydrogen-bond acceptors (Lipinski definition) is 3. The normalized spacial score (nSPS) is 17.7. The molecule has 1 aliphatic carbocycles. The maximum absolute atomic E-state index is 12.9. The van der Waals surface area contributed by atoms with E-state index in [1.54, 1.807) is 18.2 Å². The second kappa shape index (κ2) is 3.57. The molecule has 0 aliphatic heterocycles. The van der Waals surface area contributed by atoms with Crippen LogP contribution in [0.5, 0.6) is 0 Å². The van der Waals surface area contributed by atoms with Crippen LogP contribution in [0.4, 0.5) is 19.0 Å². The van der Waals surface area contributed by atoms with E-state index >= 15 is 0 Å². The molecule has 0 radical (unpaired) electrons. The molecular weight excluding hydrogens is 243 g/mol. The summed E-state index contributed by atoms with van der Waals surface area (Å²) >= 11 is 0. The number of alkyl halides is 3. The van der Waals surface area contributed by atoms with E-state index in [0.29, 0.717) is 5.39 Å². The van der Waals surface area contributed by atoms with Crippen LogP contribution < -0.4 is 5.32 Å². The molecule has 3 nitrogen and oxygen atoms in total. The van der Waals surface area contributed by atoms with Gasteiger partial charge in [-0.1, -0.05) is 24.3 Å². The topological polar surface area (TPSA) is 37.8 Å². The molecule has 1 saturated carbocycles. The number of nitrogens with one attached hydrogen (secondary N) is 1. The SMILES string of the molecule is FC(F)(F)C1(Nc2nncc3ccccc23)CC1. The van der Waals surface area contributed by atoms with Crippen molar-refractivity contribution in [3.63, 3.8) is 0 Å². The highest BCUT2D eigenvalue weighted by molar-refractivity contribution is 5.91. The Labute approximate surface area is 101 Å². The smallest absolute Gasteiger partial charge is 0.354 e. The molecule has 1 fully saturated rings. The van der Waals surface area contributed by atoms with E-state index < -0.39 is 11.7 Å². The second-order valence-corrected chi connectivity index (χ2v) is 4.49. The monoisotopic (exact) mass is 253 g/mol. The highest BCUT2D eigenvalue weighted by atomic mass is 19.4. The molecule has 18 heavy (non-hydrogen) atoms. The third-order valence-electron chi connectivity index (χ3n) is 3.22. The van der Waals surface area contributed by atoms with Crippen molar-refractivity contribution in [2.75, 3.05) is 5.32 Å². The summed E-state index contributed by atoms with van der Waals surface area (Å²) in [5, 5.41) is 11.5. The maximum atomic E-state index is 12.9. The summed E-state index contributed by atoms with van der Waals surface area (Å²) in [6.45, 7) is 0. The molecule has 1 heterocycles. The molecule has 3 rings (SSSR count). The van der Waals surface area contributed by atoms with Crippen LogP contribution in [-0.4, -0.2) is 21.9 Å². The van der Waals surface area contributed by atoms with Crippen LogP contribution in [0.2, 0.25) is 0 Å². The largest absolute Gasteiger partial charge is 0.411 e. The van der Waals surface area contributed by atoms with E-state index in [4.69, 9.17) is 0 Å². The summed E-state index contributed by atoms with van der Waals surface area (Å²) < 4.78 is 38.6. The lowest BCUT2D eigenvalue weighted by atomic mass is 10.1. The minimum Gasteiger partial charge on any atom is -0.354 e. The summed E-state index contributed by atoms with van der Waals surface area (Å²) in [5.74, 6) is 0.197. The fourth-order valence-electron chi connectivity index (χ4n) is 1.95. The van der Waals surface area contributed by atoms with Gasteiger partial charge in [-0.05, 0) is 12.8 Å². The molecule has 6 heteroatoms. The van der Waals surface area contributed by atoms with Crippen LogP contribution in [0, 0.1) is 0 Å². The lowest BCUT2D eigenvalue weighted by molar-refractivity contribution is -0.151. The van der Waals surface area contributed by atoms with Crippen molar-refractivity contribution >= 4 is 16.6 Å². The first kappa shape index (κ1) is 11.3. The number of rotatable bonds is 2. The van der Waals surface area contributed by atoms with Crippen molar-refractivity contribution in [2.45, 2.75) is 24.6 Å². The van der Waals surface area contributed by atoms with Gasteiger partial charge in [-0.15, -0.1) is 5.10 Å². The fourth-order valence-corrected chi connectivity index (χ4v) is 1.95. The van der Waals surface area contributed by atoms with E-state index in [2.05, 4.69) is 15.5 Å². The Hall–Kier alpha value is -1.85. The van der Waals surface area contributed by atoms with Crippen molar-refractivity contribution in [3.05, 3.63) is 30.5 Å². The first-order valence-electron chi connectivity index (χ1n) is 5.57. The van der Waals surface area contributed by atoms with Crippen LogP contribution in [0.15, 0.2) is 30.5 Å². The zero-order valence-electron chi connectivity index (χ0n) is 9.33. The highest BCUT2D eigenvalue weighted by Gasteiger charge is 2.63. The van der Waals surface area contributed by atoms with Crippen molar-refractivity contribution in [2.24, 2.45) is 0 Å². The van der Waals surface area contributed by atoms with Gasteiger partial charge < -0.3 is 5.32 Å². The zero-order chi connectivity index (χ0) is 12.8. The lowest BCUT2D eigenvalue weighted by Crippen LogP contribution is -2.39. The minimum atomic E-state index is -4.26. The van der Waals surface area contributed by atoms with Crippen LogP contribution in [-0.2, 0) is 0 Å². The van der Waals surface area contributed by atoms with Crippen molar-refractivity contribution < 1.29 is 13.2 Å². The number of anilines is 1.